The van der Waals surface area contributed by atoms with E-state index in [0.717, 1.165) is 22.7 Å². The third kappa shape index (κ3) is 3.73. The first-order valence-electron chi connectivity index (χ1n) is 8.99. The molecule has 3 aromatic rings. The van der Waals surface area contributed by atoms with Crippen LogP contribution >= 0.6 is 0 Å². The second-order valence-corrected chi connectivity index (χ2v) is 8.97. The number of pyridine rings is 1. The van der Waals surface area contributed by atoms with Crippen LogP contribution in [0.2, 0.25) is 0 Å². The van der Waals surface area contributed by atoms with Gasteiger partial charge in [0.05, 0.1) is 12.8 Å². The summed E-state index contributed by atoms with van der Waals surface area (Å²) in [5, 5.41) is 0. The summed E-state index contributed by atoms with van der Waals surface area (Å²) < 4.78 is 27.1. The van der Waals surface area contributed by atoms with Gasteiger partial charge in [0.25, 0.3) is 0 Å². The van der Waals surface area contributed by atoms with Crippen LogP contribution in [0.15, 0.2) is 42.6 Å². The number of benzene rings is 1. The Balaban J connectivity index is 1.65. The molecule has 0 unspecified atom stereocenters. The molecule has 8 heteroatoms. The van der Waals surface area contributed by atoms with E-state index in [0.29, 0.717) is 32.7 Å². The highest BCUT2D eigenvalue weighted by Crippen LogP contribution is 2.22. The zero-order valence-corrected chi connectivity index (χ0v) is 16.4. The second kappa shape index (κ2) is 7.03. The molecule has 0 bridgehead atoms. The van der Waals surface area contributed by atoms with Crippen LogP contribution in [0, 0.1) is 6.92 Å². The summed E-state index contributed by atoms with van der Waals surface area (Å²) in [5.74, 6) is 0.919. The SMILES string of the molecule is Cc1cccc(-n2c(CN3CCN(S(C)(=O)=O)CC3)nc3cccnc32)c1. The average molecular weight is 385 g/mol. The molecule has 0 aliphatic carbocycles. The maximum Gasteiger partial charge on any atom is 0.211 e. The van der Waals surface area contributed by atoms with Crippen LogP contribution in [0.4, 0.5) is 0 Å². The molecule has 0 amide bonds. The normalized spacial score (nSPS) is 16.8. The molecule has 4 rings (SSSR count). The van der Waals surface area contributed by atoms with E-state index in [9.17, 15) is 8.42 Å². The van der Waals surface area contributed by atoms with Gasteiger partial charge in [-0.2, -0.15) is 4.31 Å². The van der Waals surface area contributed by atoms with Gasteiger partial charge in [0, 0.05) is 38.1 Å². The number of hydrogen-bond donors (Lipinski definition) is 0. The Labute approximate surface area is 159 Å². The first-order chi connectivity index (χ1) is 12.9. The third-order valence-electron chi connectivity index (χ3n) is 4.91. The van der Waals surface area contributed by atoms with Gasteiger partial charge >= 0.3 is 0 Å². The minimum Gasteiger partial charge on any atom is -0.293 e. The van der Waals surface area contributed by atoms with Crippen molar-refractivity contribution >= 4 is 21.2 Å². The topological polar surface area (TPSA) is 71.3 Å². The van der Waals surface area contributed by atoms with Gasteiger partial charge in [-0.15, -0.1) is 0 Å². The highest BCUT2D eigenvalue weighted by molar-refractivity contribution is 7.88. The Hall–Kier alpha value is -2.29. The lowest BCUT2D eigenvalue weighted by Crippen LogP contribution is -2.48. The van der Waals surface area contributed by atoms with Crippen molar-refractivity contribution in [2.75, 3.05) is 32.4 Å². The van der Waals surface area contributed by atoms with E-state index in [-0.39, 0.29) is 0 Å². The monoisotopic (exact) mass is 385 g/mol. The van der Waals surface area contributed by atoms with Gasteiger partial charge in [-0.1, -0.05) is 12.1 Å². The van der Waals surface area contributed by atoms with Crippen LogP contribution in [0.3, 0.4) is 0 Å². The standard InChI is InChI=1S/C19H23N5O2S/c1-15-5-3-6-16(13-15)24-18(21-17-7-4-8-20-19(17)24)14-22-9-11-23(12-10-22)27(2,25)26/h3-8,13H,9-12,14H2,1-2H3. The number of fused-ring (bicyclic) bond motifs is 1. The number of rotatable bonds is 4. The molecule has 3 heterocycles. The van der Waals surface area contributed by atoms with Crippen LogP contribution in [0.5, 0.6) is 0 Å². The number of piperazine rings is 1. The highest BCUT2D eigenvalue weighted by atomic mass is 32.2. The maximum atomic E-state index is 11.7. The molecule has 1 aromatic carbocycles. The zero-order chi connectivity index (χ0) is 19.0. The van der Waals surface area contributed by atoms with E-state index >= 15 is 0 Å². The largest absolute Gasteiger partial charge is 0.293 e. The van der Waals surface area contributed by atoms with Gasteiger partial charge in [0.1, 0.15) is 11.3 Å². The molecule has 1 aliphatic heterocycles. The van der Waals surface area contributed by atoms with Crippen molar-refractivity contribution in [3.05, 3.63) is 54.0 Å². The van der Waals surface area contributed by atoms with Crippen molar-refractivity contribution in [1.82, 2.24) is 23.7 Å². The van der Waals surface area contributed by atoms with E-state index in [1.54, 1.807) is 6.20 Å². The van der Waals surface area contributed by atoms with Crippen molar-refractivity contribution in [3.8, 4) is 5.69 Å². The molecule has 0 atom stereocenters. The average Bonchev–Trinajstić information content (AvgIpc) is 2.99. The lowest BCUT2D eigenvalue weighted by molar-refractivity contribution is 0.178. The van der Waals surface area contributed by atoms with Crippen molar-refractivity contribution in [3.63, 3.8) is 0 Å². The minimum absolute atomic E-state index is 0.516. The fraction of sp³-hybridized carbons (Fsp3) is 0.368. The molecule has 142 valence electrons. The van der Waals surface area contributed by atoms with Crippen LogP contribution in [-0.4, -0.2) is 64.6 Å². The Kier molecular flexibility index (Phi) is 4.71. The van der Waals surface area contributed by atoms with Crippen molar-refractivity contribution in [2.45, 2.75) is 13.5 Å². The molecule has 1 aliphatic rings. The van der Waals surface area contributed by atoms with E-state index < -0.39 is 10.0 Å². The lowest BCUT2D eigenvalue weighted by Gasteiger charge is -2.33. The molecule has 0 N–H and O–H groups in total. The maximum absolute atomic E-state index is 11.7. The Morgan fingerprint density at radius 1 is 1.07 bits per heavy atom. The molecule has 1 saturated heterocycles. The molecular weight excluding hydrogens is 362 g/mol. The number of aromatic nitrogens is 3. The summed E-state index contributed by atoms with van der Waals surface area (Å²) in [7, 11) is -3.12. The second-order valence-electron chi connectivity index (χ2n) is 6.99. The van der Waals surface area contributed by atoms with Gasteiger partial charge in [-0.05, 0) is 36.8 Å². The lowest BCUT2D eigenvalue weighted by atomic mass is 10.2. The van der Waals surface area contributed by atoms with Crippen LogP contribution in [0.25, 0.3) is 16.9 Å². The Bertz CT molecular complexity index is 1070. The first kappa shape index (κ1) is 18.1. The third-order valence-corrected chi connectivity index (χ3v) is 6.21. The summed E-state index contributed by atoms with van der Waals surface area (Å²) in [5.41, 5.74) is 3.93. The number of aryl methyl sites for hydroxylation is 1. The van der Waals surface area contributed by atoms with Crippen LogP contribution in [0.1, 0.15) is 11.4 Å². The molecule has 0 saturated carbocycles. The summed E-state index contributed by atoms with van der Waals surface area (Å²) in [4.78, 5) is 11.6. The van der Waals surface area contributed by atoms with Gasteiger partial charge < -0.3 is 0 Å². The first-order valence-corrected chi connectivity index (χ1v) is 10.8. The van der Waals surface area contributed by atoms with E-state index in [4.69, 9.17) is 4.98 Å². The molecule has 0 radical (unpaired) electrons. The fourth-order valence-corrected chi connectivity index (χ4v) is 4.35. The quantitative estimate of drug-likeness (QED) is 0.685. The predicted molar refractivity (Wildman–Crippen MR) is 105 cm³/mol. The highest BCUT2D eigenvalue weighted by Gasteiger charge is 2.25. The minimum atomic E-state index is -3.12. The van der Waals surface area contributed by atoms with Crippen molar-refractivity contribution in [1.29, 1.82) is 0 Å². The smallest absolute Gasteiger partial charge is 0.211 e. The van der Waals surface area contributed by atoms with Gasteiger partial charge in [-0.3, -0.25) is 9.47 Å². The van der Waals surface area contributed by atoms with Crippen LogP contribution < -0.4 is 0 Å². The fourth-order valence-electron chi connectivity index (χ4n) is 3.52. The summed E-state index contributed by atoms with van der Waals surface area (Å²) in [6, 6.07) is 12.2. The molecule has 27 heavy (non-hydrogen) atoms. The number of sulfonamides is 1. The molecular formula is C19H23N5O2S. The van der Waals surface area contributed by atoms with Crippen molar-refractivity contribution in [2.24, 2.45) is 0 Å². The van der Waals surface area contributed by atoms with Gasteiger partial charge in [0.15, 0.2) is 5.65 Å². The van der Waals surface area contributed by atoms with E-state index in [2.05, 4.69) is 39.6 Å². The molecule has 1 fully saturated rings. The van der Waals surface area contributed by atoms with Crippen molar-refractivity contribution < 1.29 is 8.42 Å². The van der Waals surface area contributed by atoms with Gasteiger partial charge in [0.2, 0.25) is 10.0 Å². The number of nitrogens with zero attached hydrogens (tertiary/aromatic N) is 5. The predicted octanol–water partition coefficient (Wildman–Crippen LogP) is 1.81. The van der Waals surface area contributed by atoms with E-state index in [1.807, 2.05) is 18.2 Å². The Morgan fingerprint density at radius 3 is 2.56 bits per heavy atom. The summed E-state index contributed by atoms with van der Waals surface area (Å²) >= 11 is 0. The summed E-state index contributed by atoms with van der Waals surface area (Å²) in [6.45, 7) is 5.14. The van der Waals surface area contributed by atoms with E-state index in [1.165, 1.54) is 16.1 Å². The number of imidazole rings is 1. The molecule has 0 spiro atoms. The zero-order valence-electron chi connectivity index (χ0n) is 15.5. The summed E-state index contributed by atoms with van der Waals surface area (Å²) in [6.07, 6.45) is 3.05. The molecule has 7 nitrogen and oxygen atoms in total. The van der Waals surface area contributed by atoms with Crippen LogP contribution in [-0.2, 0) is 16.6 Å². The number of hydrogen-bond acceptors (Lipinski definition) is 5. The Morgan fingerprint density at radius 2 is 1.85 bits per heavy atom. The molecule has 2 aromatic heterocycles. The van der Waals surface area contributed by atoms with Gasteiger partial charge in [-0.25, -0.2) is 18.4 Å².